The van der Waals surface area contributed by atoms with Gasteiger partial charge in [0, 0.05) is 24.0 Å². The molecule has 0 fully saturated rings. The van der Waals surface area contributed by atoms with Crippen LogP contribution in [0.2, 0.25) is 0 Å². The van der Waals surface area contributed by atoms with Gasteiger partial charge >= 0.3 is 0 Å². The SMILES string of the molecule is CC1C(=O)c2cc3c(cc2S(=O)(=O)C1C)OCCCO3. The van der Waals surface area contributed by atoms with Gasteiger partial charge in [-0.15, -0.1) is 0 Å². The quantitative estimate of drug-likeness (QED) is 0.730. The van der Waals surface area contributed by atoms with Crippen LogP contribution >= 0.6 is 0 Å². The zero-order chi connectivity index (χ0) is 14.5. The maximum Gasteiger partial charge on any atom is 0.182 e. The third kappa shape index (κ3) is 1.82. The first kappa shape index (κ1) is 13.4. The summed E-state index contributed by atoms with van der Waals surface area (Å²) in [4.78, 5) is 12.4. The standard InChI is InChI=1S/C14H16O5S/c1-8-9(2)20(16,17)13-7-12-11(6-10(13)14(8)15)18-4-3-5-19-12/h6-9H,3-5H2,1-2H3. The second-order valence-electron chi connectivity index (χ2n) is 5.25. The Morgan fingerprint density at radius 1 is 1.10 bits per heavy atom. The van der Waals surface area contributed by atoms with Crippen molar-refractivity contribution in [1.29, 1.82) is 0 Å². The van der Waals surface area contributed by atoms with E-state index in [1.165, 1.54) is 12.1 Å². The predicted octanol–water partition coefficient (Wildman–Crippen LogP) is 1.84. The van der Waals surface area contributed by atoms with Crippen LogP contribution in [0.4, 0.5) is 0 Å². The Labute approximate surface area is 117 Å². The molecule has 2 atom stereocenters. The molecule has 5 nitrogen and oxygen atoms in total. The number of benzene rings is 1. The van der Waals surface area contributed by atoms with Crippen LogP contribution in [0.25, 0.3) is 0 Å². The lowest BCUT2D eigenvalue weighted by Gasteiger charge is -2.27. The highest BCUT2D eigenvalue weighted by atomic mass is 32.2. The molecule has 0 saturated carbocycles. The smallest absolute Gasteiger partial charge is 0.182 e. The molecule has 20 heavy (non-hydrogen) atoms. The topological polar surface area (TPSA) is 69.7 Å². The molecule has 0 amide bonds. The van der Waals surface area contributed by atoms with E-state index in [4.69, 9.17) is 9.47 Å². The Hall–Kier alpha value is -1.56. The van der Waals surface area contributed by atoms with E-state index in [2.05, 4.69) is 0 Å². The summed E-state index contributed by atoms with van der Waals surface area (Å²) in [5, 5.41) is -0.716. The van der Waals surface area contributed by atoms with Gasteiger partial charge in [-0.25, -0.2) is 8.42 Å². The van der Waals surface area contributed by atoms with Crippen LogP contribution in [0.1, 0.15) is 30.6 Å². The minimum absolute atomic E-state index is 0.0670. The molecule has 0 radical (unpaired) electrons. The second kappa shape index (κ2) is 4.48. The van der Waals surface area contributed by atoms with Crippen molar-refractivity contribution in [2.75, 3.05) is 13.2 Å². The van der Waals surface area contributed by atoms with E-state index in [0.717, 1.165) is 6.42 Å². The first-order valence-corrected chi connectivity index (χ1v) is 8.19. The summed E-state index contributed by atoms with van der Waals surface area (Å²) in [5.41, 5.74) is 0.222. The zero-order valence-electron chi connectivity index (χ0n) is 11.4. The number of carbonyl (C=O) groups is 1. The van der Waals surface area contributed by atoms with E-state index < -0.39 is 21.0 Å². The summed E-state index contributed by atoms with van der Waals surface area (Å²) in [7, 11) is -3.50. The van der Waals surface area contributed by atoms with Crippen LogP contribution in [0.5, 0.6) is 11.5 Å². The summed E-state index contributed by atoms with van der Waals surface area (Å²) in [5.74, 6) is 0.154. The summed E-state index contributed by atoms with van der Waals surface area (Å²) < 4.78 is 36.0. The number of ether oxygens (including phenoxy) is 2. The average molecular weight is 296 g/mol. The molecule has 2 aliphatic heterocycles. The number of fused-ring (bicyclic) bond motifs is 2. The molecule has 6 heteroatoms. The maximum absolute atomic E-state index is 12.5. The highest BCUT2D eigenvalue weighted by molar-refractivity contribution is 7.92. The minimum Gasteiger partial charge on any atom is -0.490 e. The average Bonchev–Trinajstić information content (AvgIpc) is 2.66. The molecule has 3 rings (SSSR count). The maximum atomic E-state index is 12.5. The van der Waals surface area contributed by atoms with Gasteiger partial charge in [0.2, 0.25) is 0 Å². The summed E-state index contributed by atoms with van der Waals surface area (Å²) in [6.07, 6.45) is 0.729. The fourth-order valence-electron chi connectivity index (χ4n) is 2.55. The van der Waals surface area contributed by atoms with E-state index in [0.29, 0.717) is 24.7 Å². The Bertz CT molecular complexity index is 677. The van der Waals surface area contributed by atoms with Gasteiger partial charge in [0.05, 0.1) is 23.4 Å². The van der Waals surface area contributed by atoms with Crippen molar-refractivity contribution >= 4 is 15.6 Å². The first-order valence-electron chi connectivity index (χ1n) is 6.64. The Kier molecular flexibility index (Phi) is 3.01. The van der Waals surface area contributed by atoms with E-state index in [-0.39, 0.29) is 16.2 Å². The molecule has 0 saturated heterocycles. The highest BCUT2D eigenvalue weighted by Gasteiger charge is 2.42. The molecule has 1 aromatic carbocycles. The third-order valence-electron chi connectivity index (χ3n) is 4.03. The van der Waals surface area contributed by atoms with E-state index >= 15 is 0 Å². The Morgan fingerprint density at radius 3 is 2.35 bits per heavy atom. The minimum atomic E-state index is -3.50. The monoisotopic (exact) mass is 296 g/mol. The molecule has 0 spiro atoms. The number of ketones is 1. The molecule has 2 aliphatic rings. The summed E-state index contributed by atoms with van der Waals surface area (Å²) in [6, 6.07) is 2.95. The van der Waals surface area contributed by atoms with Gasteiger partial charge in [-0.3, -0.25) is 4.79 Å². The number of carbonyl (C=O) groups excluding carboxylic acids is 1. The van der Waals surface area contributed by atoms with Crippen molar-refractivity contribution in [3.63, 3.8) is 0 Å². The van der Waals surface area contributed by atoms with Crippen molar-refractivity contribution in [2.24, 2.45) is 5.92 Å². The number of hydrogen-bond donors (Lipinski definition) is 0. The largest absolute Gasteiger partial charge is 0.490 e. The van der Waals surface area contributed by atoms with Gasteiger partial charge in [-0.05, 0) is 13.0 Å². The van der Waals surface area contributed by atoms with Gasteiger partial charge in [0.15, 0.2) is 27.1 Å². The summed E-state index contributed by atoms with van der Waals surface area (Å²) >= 11 is 0. The number of rotatable bonds is 0. The van der Waals surface area contributed by atoms with Crippen molar-refractivity contribution in [2.45, 2.75) is 30.4 Å². The van der Waals surface area contributed by atoms with Crippen molar-refractivity contribution < 1.29 is 22.7 Å². The number of hydrogen-bond acceptors (Lipinski definition) is 5. The Morgan fingerprint density at radius 2 is 1.70 bits per heavy atom. The van der Waals surface area contributed by atoms with Crippen molar-refractivity contribution in [3.8, 4) is 11.5 Å². The zero-order valence-corrected chi connectivity index (χ0v) is 12.2. The van der Waals surface area contributed by atoms with Crippen molar-refractivity contribution in [3.05, 3.63) is 17.7 Å². The molecular weight excluding hydrogens is 280 g/mol. The van der Waals surface area contributed by atoms with Crippen LogP contribution in [-0.2, 0) is 9.84 Å². The van der Waals surface area contributed by atoms with Crippen LogP contribution in [0, 0.1) is 5.92 Å². The van der Waals surface area contributed by atoms with E-state index in [1.807, 2.05) is 0 Å². The second-order valence-corrected chi connectivity index (χ2v) is 7.52. The third-order valence-corrected chi connectivity index (χ3v) is 6.37. The fraction of sp³-hybridized carbons (Fsp3) is 0.500. The molecule has 2 unspecified atom stereocenters. The number of Topliss-reactive ketones (excluding diaryl/α,β-unsaturated/α-hetero) is 1. The van der Waals surface area contributed by atoms with Gasteiger partial charge in [-0.1, -0.05) is 6.92 Å². The van der Waals surface area contributed by atoms with E-state index in [1.54, 1.807) is 13.8 Å². The van der Waals surface area contributed by atoms with Crippen LogP contribution < -0.4 is 9.47 Å². The molecule has 2 heterocycles. The lowest BCUT2D eigenvalue weighted by atomic mass is 9.95. The molecular formula is C14H16O5S. The predicted molar refractivity (Wildman–Crippen MR) is 72.2 cm³/mol. The van der Waals surface area contributed by atoms with Gasteiger partial charge in [0.1, 0.15) is 0 Å². The molecule has 0 bridgehead atoms. The van der Waals surface area contributed by atoms with Gasteiger partial charge in [-0.2, -0.15) is 0 Å². The summed E-state index contributed by atoms with van der Waals surface area (Å²) in [6.45, 7) is 4.20. The molecule has 0 N–H and O–H groups in total. The fourth-order valence-corrected chi connectivity index (χ4v) is 4.34. The van der Waals surface area contributed by atoms with E-state index in [9.17, 15) is 13.2 Å². The normalized spacial score (nSPS) is 27.6. The first-order chi connectivity index (χ1) is 9.43. The molecule has 0 aromatic heterocycles. The lowest BCUT2D eigenvalue weighted by molar-refractivity contribution is 0.0920. The molecule has 1 aromatic rings. The van der Waals surface area contributed by atoms with Crippen LogP contribution in [0.15, 0.2) is 17.0 Å². The van der Waals surface area contributed by atoms with Crippen molar-refractivity contribution in [1.82, 2.24) is 0 Å². The number of sulfone groups is 1. The Balaban J connectivity index is 2.25. The van der Waals surface area contributed by atoms with Gasteiger partial charge < -0.3 is 9.47 Å². The van der Waals surface area contributed by atoms with Gasteiger partial charge in [0.25, 0.3) is 0 Å². The molecule has 108 valence electrons. The highest BCUT2D eigenvalue weighted by Crippen LogP contribution is 2.40. The van der Waals surface area contributed by atoms with Crippen LogP contribution in [-0.4, -0.2) is 32.7 Å². The van der Waals surface area contributed by atoms with Crippen LogP contribution in [0.3, 0.4) is 0 Å². The molecule has 0 aliphatic carbocycles. The lowest BCUT2D eigenvalue weighted by Crippen LogP contribution is -2.37.